The fourth-order valence-electron chi connectivity index (χ4n) is 2.63. The van der Waals surface area contributed by atoms with Crippen LogP contribution in [-0.4, -0.2) is 42.0 Å². The molecule has 6 nitrogen and oxygen atoms in total. The van der Waals surface area contributed by atoms with E-state index in [4.69, 9.17) is 37.4 Å². The third-order valence-electron chi connectivity index (χ3n) is 4.03. The zero-order valence-electron chi connectivity index (χ0n) is 15.3. The number of hydrogen-bond acceptors (Lipinski definition) is 5. The van der Waals surface area contributed by atoms with Gasteiger partial charge in [0.1, 0.15) is 18.6 Å². The van der Waals surface area contributed by atoms with Gasteiger partial charge in [-0.2, -0.15) is 0 Å². The molecule has 1 aromatic carbocycles. The van der Waals surface area contributed by atoms with Crippen LogP contribution in [0.4, 0.5) is 0 Å². The summed E-state index contributed by atoms with van der Waals surface area (Å²) in [6, 6.07) is 4.94. The normalized spacial score (nSPS) is 20.3. The van der Waals surface area contributed by atoms with Crippen molar-refractivity contribution in [1.82, 2.24) is 0 Å². The highest BCUT2D eigenvalue weighted by Crippen LogP contribution is 2.29. The molecule has 2 rings (SSSR count). The van der Waals surface area contributed by atoms with Crippen molar-refractivity contribution in [2.75, 3.05) is 13.2 Å². The number of carbonyl (C=O) groups is 2. The molecule has 0 radical (unpaired) electrons. The van der Waals surface area contributed by atoms with Crippen LogP contribution in [0.15, 0.2) is 24.0 Å². The third kappa shape index (κ3) is 5.69. The largest absolute Gasteiger partial charge is 0.487 e. The number of allylic oxidation sites excluding steroid dienone is 1. The number of hydrogen-bond donors (Lipinski definition) is 1. The molecule has 1 aliphatic heterocycles. The molecule has 2 atom stereocenters. The molecule has 1 aromatic rings. The van der Waals surface area contributed by atoms with Crippen LogP contribution < -0.4 is 0 Å². The van der Waals surface area contributed by atoms with Crippen molar-refractivity contribution in [3.05, 3.63) is 39.6 Å². The van der Waals surface area contributed by atoms with Crippen LogP contribution in [0.25, 0.3) is 6.08 Å². The summed E-state index contributed by atoms with van der Waals surface area (Å²) in [7, 11) is 0. The first kappa shape index (κ1) is 21.7. The predicted octanol–water partition coefficient (Wildman–Crippen LogP) is 4.18. The molecule has 1 fully saturated rings. The van der Waals surface area contributed by atoms with Gasteiger partial charge in [-0.05, 0) is 38.0 Å². The summed E-state index contributed by atoms with van der Waals surface area (Å²) in [6.45, 7) is 5.52. The first-order valence-electron chi connectivity index (χ1n) is 8.52. The first-order chi connectivity index (χ1) is 12.6. The number of rotatable bonds is 8. The molecular weight excluding hydrogens is 395 g/mol. The smallest absolute Gasteiger partial charge is 0.314 e. The topological polar surface area (TPSA) is 82.1 Å². The minimum atomic E-state index is -1.22. The monoisotopic (exact) mass is 416 g/mol. The molecule has 0 saturated carbocycles. The molecule has 1 aliphatic rings. The van der Waals surface area contributed by atoms with E-state index in [0.29, 0.717) is 17.2 Å². The number of halogens is 2. The zero-order chi connectivity index (χ0) is 20.2. The van der Waals surface area contributed by atoms with E-state index in [1.165, 1.54) is 6.08 Å². The summed E-state index contributed by atoms with van der Waals surface area (Å²) in [5, 5.41) is 9.87. The maximum absolute atomic E-state index is 12.7. The van der Waals surface area contributed by atoms with E-state index in [0.717, 1.165) is 0 Å². The minimum absolute atomic E-state index is 0.0369. The number of aliphatic carboxylic acids is 1. The van der Waals surface area contributed by atoms with Crippen molar-refractivity contribution in [2.45, 2.75) is 39.1 Å². The third-order valence-corrected chi connectivity index (χ3v) is 4.86. The summed E-state index contributed by atoms with van der Waals surface area (Å²) in [5.41, 5.74) is 0.455. The molecule has 0 spiro atoms. The van der Waals surface area contributed by atoms with Crippen LogP contribution in [0, 0.1) is 5.92 Å². The van der Waals surface area contributed by atoms with Crippen molar-refractivity contribution in [2.24, 2.45) is 5.92 Å². The molecule has 2 unspecified atom stereocenters. The fourth-order valence-corrected chi connectivity index (χ4v) is 2.99. The summed E-state index contributed by atoms with van der Waals surface area (Å²) in [5.74, 6) is -3.91. The van der Waals surface area contributed by atoms with Gasteiger partial charge >= 0.3 is 5.97 Å². The lowest BCUT2D eigenvalue weighted by Crippen LogP contribution is -2.28. The number of ether oxygens (including phenoxy) is 3. The molecule has 1 N–H and O–H groups in total. The van der Waals surface area contributed by atoms with Gasteiger partial charge in [0, 0.05) is 0 Å². The number of carbonyl (C=O) groups excluding carboxylic acids is 1. The molecule has 1 heterocycles. The van der Waals surface area contributed by atoms with Crippen LogP contribution in [0.1, 0.15) is 32.8 Å². The van der Waals surface area contributed by atoms with E-state index >= 15 is 0 Å². The number of benzene rings is 1. The lowest BCUT2D eigenvalue weighted by molar-refractivity contribution is -0.147. The molecule has 148 valence electrons. The molecule has 0 bridgehead atoms. The standard InChI is InChI=1S/C19H22Cl2O6/c1-4-13(18(23)24)17(22)15(8-11-6-5-7-14(20)16(11)21)25-9-12-10-26-19(2,3)27-12/h5-8,12-13H,4,9-10H2,1-3H3,(H,23,24)/b15-8-. The quantitative estimate of drug-likeness (QED) is 0.388. The van der Waals surface area contributed by atoms with E-state index in [1.807, 2.05) is 0 Å². The number of carboxylic acids is 1. The van der Waals surface area contributed by atoms with Crippen molar-refractivity contribution < 1.29 is 28.9 Å². The van der Waals surface area contributed by atoms with Gasteiger partial charge in [0.05, 0.1) is 16.7 Å². The lowest BCUT2D eigenvalue weighted by atomic mass is 9.99. The van der Waals surface area contributed by atoms with Crippen molar-refractivity contribution in [3.8, 4) is 0 Å². The highest BCUT2D eigenvalue weighted by molar-refractivity contribution is 6.43. The molecule has 0 aromatic heterocycles. The lowest BCUT2D eigenvalue weighted by Gasteiger charge is -2.19. The van der Waals surface area contributed by atoms with Gasteiger partial charge in [0.15, 0.2) is 11.5 Å². The summed E-state index contributed by atoms with van der Waals surface area (Å²) in [4.78, 5) is 24.1. The Morgan fingerprint density at radius 3 is 2.67 bits per heavy atom. The van der Waals surface area contributed by atoms with Crippen LogP contribution in [0.3, 0.4) is 0 Å². The van der Waals surface area contributed by atoms with Crippen molar-refractivity contribution in [1.29, 1.82) is 0 Å². The molecule has 1 saturated heterocycles. The Morgan fingerprint density at radius 2 is 2.11 bits per heavy atom. The van der Waals surface area contributed by atoms with Gasteiger partial charge in [0.2, 0.25) is 5.78 Å². The van der Waals surface area contributed by atoms with Gasteiger partial charge in [-0.25, -0.2) is 0 Å². The predicted molar refractivity (Wildman–Crippen MR) is 102 cm³/mol. The van der Waals surface area contributed by atoms with Crippen LogP contribution in [0.5, 0.6) is 0 Å². The van der Waals surface area contributed by atoms with E-state index in [2.05, 4.69) is 0 Å². The Hall–Kier alpha value is -1.60. The number of Topliss-reactive ketones (excluding diaryl/α,β-unsaturated/α-hetero) is 1. The molecule has 27 heavy (non-hydrogen) atoms. The summed E-state index contributed by atoms with van der Waals surface area (Å²) >= 11 is 12.2. The van der Waals surface area contributed by atoms with Gasteiger partial charge < -0.3 is 19.3 Å². The Morgan fingerprint density at radius 1 is 1.41 bits per heavy atom. The minimum Gasteiger partial charge on any atom is -0.487 e. The van der Waals surface area contributed by atoms with Gasteiger partial charge in [0.25, 0.3) is 0 Å². The second kappa shape index (κ2) is 9.06. The Balaban J connectivity index is 2.28. The molecule has 8 heteroatoms. The van der Waals surface area contributed by atoms with Gasteiger partial charge in [-0.1, -0.05) is 42.3 Å². The fraction of sp³-hybridized carbons (Fsp3) is 0.474. The van der Waals surface area contributed by atoms with Crippen molar-refractivity contribution >= 4 is 41.0 Å². The molecule has 0 aliphatic carbocycles. The summed E-state index contributed by atoms with van der Waals surface area (Å²) < 4.78 is 16.8. The Bertz CT molecular complexity index is 744. The highest BCUT2D eigenvalue weighted by Gasteiger charge is 2.34. The molecular formula is C19H22Cl2O6. The van der Waals surface area contributed by atoms with Crippen LogP contribution in [-0.2, 0) is 23.8 Å². The van der Waals surface area contributed by atoms with E-state index in [9.17, 15) is 14.7 Å². The zero-order valence-corrected chi connectivity index (χ0v) is 16.8. The number of ketones is 1. The van der Waals surface area contributed by atoms with Crippen LogP contribution in [0.2, 0.25) is 10.0 Å². The Labute approximate surface area is 168 Å². The SMILES string of the molecule is CCC(C(=O)O)C(=O)/C(=C/c1cccc(Cl)c1Cl)OCC1COC(C)(C)O1. The van der Waals surface area contributed by atoms with E-state index in [1.54, 1.807) is 39.0 Å². The second-order valence-electron chi connectivity index (χ2n) is 6.58. The second-order valence-corrected chi connectivity index (χ2v) is 7.36. The summed E-state index contributed by atoms with van der Waals surface area (Å²) in [6.07, 6.45) is 1.16. The van der Waals surface area contributed by atoms with Gasteiger partial charge in [-0.3, -0.25) is 9.59 Å². The van der Waals surface area contributed by atoms with E-state index in [-0.39, 0.29) is 29.9 Å². The number of carboxylic acid groups (broad SMARTS) is 1. The van der Waals surface area contributed by atoms with Gasteiger partial charge in [-0.15, -0.1) is 0 Å². The first-order valence-corrected chi connectivity index (χ1v) is 9.27. The maximum Gasteiger partial charge on any atom is 0.314 e. The van der Waals surface area contributed by atoms with E-state index < -0.39 is 23.5 Å². The molecule has 0 amide bonds. The highest BCUT2D eigenvalue weighted by atomic mass is 35.5. The van der Waals surface area contributed by atoms with Crippen molar-refractivity contribution in [3.63, 3.8) is 0 Å². The average molecular weight is 417 g/mol. The average Bonchev–Trinajstić information content (AvgIpc) is 2.94. The van der Waals surface area contributed by atoms with Crippen LogP contribution >= 0.6 is 23.2 Å². The maximum atomic E-state index is 12.7. The Kier molecular flexibility index (Phi) is 7.28.